The van der Waals surface area contributed by atoms with Crippen LogP contribution in [0.3, 0.4) is 0 Å². The normalized spacial score (nSPS) is 12.6. The number of nitrogens with two attached hydrogens (primary N) is 1. The first kappa shape index (κ1) is 9.88. The largest absolute Gasteiger partial charge is 0.433 e. The Morgan fingerprint density at radius 2 is 2.27 bits per heavy atom. The zero-order chi connectivity index (χ0) is 10.8. The van der Waals surface area contributed by atoms with Crippen molar-refractivity contribution >= 4 is 17.2 Å². The molecule has 0 fully saturated rings. The molecule has 2 aromatic heterocycles. The Hall–Kier alpha value is -1.66. The van der Waals surface area contributed by atoms with Gasteiger partial charge in [0.1, 0.15) is 10.7 Å². The number of thiophene rings is 1. The zero-order valence-corrected chi connectivity index (χ0v) is 8.44. The molecule has 0 aromatic carbocycles. The average Bonchev–Trinajstić information content (AvgIpc) is 2.88. The highest BCUT2D eigenvalue weighted by atomic mass is 32.1. The second-order valence-electron chi connectivity index (χ2n) is 2.97. The van der Waals surface area contributed by atoms with Crippen LogP contribution in [-0.4, -0.2) is 4.92 Å². The monoisotopic (exact) mass is 224 g/mol. The van der Waals surface area contributed by atoms with E-state index in [9.17, 15) is 10.1 Å². The molecule has 0 bridgehead atoms. The summed E-state index contributed by atoms with van der Waals surface area (Å²) in [5.74, 6) is 0.121. The summed E-state index contributed by atoms with van der Waals surface area (Å²) < 4.78 is 5.01. The van der Waals surface area contributed by atoms with Crippen molar-refractivity contribution in [2.24, 2.45) is 5.73 Å². The van der Waals surface area contributed by atoms with Crippen molar-refractivity contribution in [2.75, 3.05) is 0 Å². The Kier molecular flexibility index (Phi) is 2.53. The third-order valence-corrected chi connectivity index (χ3v) is 2.70. The predicted octanol–water partition coefficient (Wildman–Crippen LogP) is 2.30. The first-order chi connectivity index (χ1) is 7.18. The molecule has 1 atom stereocenters. The lowest BCUT2D eigenvalue weighted by Gasteiger charge is -2.04. The number of hydrogen-bond donors (Lipinski definition) is 1. The highest BCUT2D eigenvalue weighted by Gasteiger charge is 2.18. The first-order valence-electron chi connectivity index (χ1n) is 4.20. The lowest BCUT2D eigenvalue weighted by molar-refractivity contribution is -0.402. The molecule has 0 radical (unpaired) electrons. The number of rotatable bonds is 3. The van der Waals surface area contributed by atoms with Gasteiger partial charge < -0.3 is 10.2 Å². The van der Waals surface area contributed by atoms with Gasteiger partial charge >= 0.3 is 5.88 Å². The summed E-state index contributed by atoms with van der Waals surface area (Å²) in [5, 5.41) is 14.2. The van der Waals surface area contributed by atoms with Gasteiger partial charge in [0.05, 0.1) is 12.1 Å². The molecule has 2 N–H and O–H groups in total. The quantitative estimate of drug-likeness (QED) is 0.640. The molecule has 0 aliphatic carbocycles. The van der Waals surface area contributed by atoms with Gasteiger partial charge in [-0.25, -0.2) is 0 Å². The molecule has 0 saturated carbocycles. The molecule has 2 aromatic rings. The van der Waals surface area contributed by atoms with Gasteiger partial charge in [-0.1, -0.05) is 0 Å². The van der Waals surface area contributed by atoms with Crippen molar-refractivity contribution in [3.8, 4) is 0 Å². The molecule has 0 saturated heterocycles. The maximum Gasteiger partial charge on any atom is 0.433 e. The minimum Gasteiger partial charge on any atom is -0.404 e. The summed E-state index contributed by atoms with van der Waals surface area (Å²) in [5.41, 5.74) is 6.76. The van der Waals surface area contributed by atoms with E-state index in [2.05, 4.69) is 0 Å². The van der Waals surface area contributed by atoms with Gasteiger partial charge in [-0.3, -0.25) is 10.1 Å². The van der Waals surface area contributed by atoms with Crippen LogP contribution in [0.2, 0.25) is 0 Å². The molecule has 0 amide bonds. The number of nitro groups is 1. The number of furan rings is 1. The van der Waals surface area contributed by atoms with Crippen LogP contribution < -0.4 is 5.73 Å². The smallest absolute Gasteiger partial charge is 0.404 e. The topological polar surface area (TPSA) is 82.3 Å². The van der Waals surface area contributed by atoms with Crippen LogP contribution in [0.4, 0.5) is 5.88 Å². The van der Waals surface area contributed by atoms with Gasteiger partial charge in [-0.05, 0) is 28.5 Å². The van der Waals surface area contributed by atoms with E-state index in [1.807, 2.05) is 16.8 Å². The van der Waals surface area contributed by atoms with Crippen LogP contribution >= 0.6 is 11.3 Å². The zero-order valence-electron chi connectivity index (χ0n) is 7.62. The molecule has 0 spiro atoms. The van der Waals surface area contributed by atoms with Crippen molar-refractivity contribution in [2.45, 2.75) is 6.04 Å². The molecule has 0 aliphatic rings. The summed E-state index contributed by atoms with van der Waals surface area (Å²) in [6.07, 6.45) is 0. The highest BCUT2D eigenvalue weighted by Crippen LogP contribution is 2.25. The van der Waals surface area contributed by atoms with Gasteiger partial charge in [-0.15, -0.1) is 0 Å². The highest BCUT2D eigenvalue weighted by molar-refractivity contribution is 7.07. The van der Waals surface area contributed by atoms with Crippen molar-refractivity contribution in [1.29, 1.82) is 0 Å². The summed E-state index contributed by atoms with van der Waals surface area (Å²) in [4.78, 5) is 9.82. The van der Waals surface area contributed by atoms with E-state index in [4.69, 9.17) is 10.2 Å². The second-order valence-corrected chi connectivity index (χ2v) is 3.75. The fourth-order valence-electron chi connectivity index (χ4n) is 1.22. The van der Waals surface area contributed by atoms with E-state index in [1.165, 1.54) is 23.5 Å². The minimum atomic E-state index is -0.580. The van der Waals surface area contributed by atoms with E-state index in [-0.39, 0.29) is 5.88 Å². The Morgan fingerprint density at radius 1 is 1.47 bits per heavy atom. The fraction of sp³-hybridized carbons (Fsp3) is 0.111. The SMILES string of the molecule is N[C@@H](c1ccsc1)c1ccc([N+](=O)[O-])o1. The van der Waals surface area contributed by atoms with Crippen LogP contribution in [0.15, 0.2) is 33.4 Å². The van der Waals surface area contributed by atoms with E-state index in [0.29, 0.717) is 5.76 Å². The Morgan fingerprint density at radius 3 is 2.80 bits per heavy atom. The van der Waals surface area contributed by atoms with Crippen molar-refractivity contribution in [3.63, 3.8) is 0 Å². The minimum absolute atomic E-state index is 0.282. The van der Waals surface area contributed by atoms with E-state index < -0.39 is 11.0 Å². The number of nitrogens with zero attached hydrogens (tertiary/aromatic N) is 1. The summed E-state index contributed by atoms with van der Waals surface area (Å²) >= 11 is 1.52. The molecule has 15 heavy (non-hydrogen) atoms. The van der Waals surface area contributed by atoms with E-state index >= 15 is 0 Å². The average molecular weight is 224 g/mol. The first-order valence-corrected chi connectivity index (χ1v) is 5.14. The van der Waals surface area contributed by atoms with Crippen molar-refractivity contribution in [3.05, 3.63) is 50.4 Å². The summed E-state index contributed by atoms with van der Waals surface area (Å²) in [6.45, 7) is 0. The van der Waals surface area contributed by atoms with Crippen molar-refractivity contribution in [1.82, 2.24) is 0 Å². The molecular formula is C9H8N2O3S. The second kappa shape index (κ2) is 3.84. The predicted molar refractivity (Wildman–Crippen MR) is 55.7 cm³/mol. The van der Waals surface area contributed by atoms with Gasteiger partial charge in [0.25, 0.3) is 0 Å². The number of hydrogen-bond acceptors (Lipinski definition) is 5. The van der Waals surface area contributed by atoms with Gasteiger partial charge in [0.2, 0.25) is 0 Å². The molecule has 2 rings (SSSR count). The Labute approximate surface area is 89.3 Å². The Bertz CT molecular complexity index is 463. The van der Waals surface area contributed by atoms with E-state index in [0.717, 1.165) is 5.56 Å². The summed E-state index contributed by atoms with van der Waals surface area (Å²) in [7, 11) is 0. The molecule has 2 heterocycles. The van der Waals surface area contributed by atoms with Gasteiger partial charge in [0.15, 0.2) is 0 Å². The van der Waals surface area contributed by atoms with Gasteiger partial charge in [0, 0.05) is 0 Å². The summed E-state index contributed by atoms with van der Waals surface area (Å²) in [6, 6.07) is 4.26. The molecule has 6 heteroatoms. The van der Waals surface area contributed by atoms with Gasteiger partial charge in [-0.2, -0.15) is 11.3 Å². The molecule has 0 unspecified atom stereocenters. The van der Waals surface area contributed by atoms with Crippen LogP contribution in [0.1, 0.15) is 17.4 Å². The molecule has 5 nitrogen and oxygen atoms in total. The third-order valence-electron chi connectivity index (χ3n) is 2.00. The van der Waals surface area contributed by atoms with Crippen LogP contribution in [0, 0.1) is 10.1 Å². The van der Waals surface area contributed by atoms with Crippen molar-refractivity contribution < 1.29 is 9.34 Å². The lowest BCUT2D eigenvalue weighted by atomic mass is 10.1. The molecular weight excluding hydrogens is 216 g/mol. The maximum atomic E-state index is 10.4. The molecule has 0 aliphatic heterocycles. The maximum absolute atomic E-state index is 10.4. The Balaban J connectivity index is 2.26. The third kappa shape index (κ3) is 1.90. The van der Waals surface area contributed by atoms with Crippen LogP contribution in [0.25, 0.3) is 0 Å². The van der Waals surface area contributed by atoms with E-state index in [1.54, 1.807) is 0 Å². The molecule has 78 valence electrons. The fourth-order valence-corrected chi connectivity index (χ4v) is 1.92. The lowest BCUT2D eigenvalue weighted by Crippen LogP contribution is -2.09. The van der Waals surface area contributed by atoms with Crippen LogP contribution in [0.5, 0.6) is 0 Å². The van der Waals surface area contributed by atoms with Crippen LogP contribution in [-0.2, 0) is 0 Å². The standard InChI is InChI=1S/C9H8N2O3S/c10-9(6-3-4-15-5-6)7-1-2-8(14-7)11(12)13/h1-5,9H,10H2/t9-/m0/s1.